The lowest BCUT2D eigenvalue weighted by molar-refractivity contribution is 0.205. The van der Waals surface area contributed by atoms with Gasteiger partial charge in [-0.3, -0.25) is 0 Å². The second-order valence-corrected chi connectivity index (χ2v) is 3.38. The Hall–Kier alpha value is -1.02. The molecule has 0 radical (unpaired) electrons. The Kier molecular flexibility index (Phi) is 4.47. The van der Waals surface area contributed by atoms with E-state index < -0.39 is 0 Å². The third-order valence-corrected chi connectivity index (χ3v) is 2.35. The van der Waals surface area contributed by atoms with E-state index in [-0.39, 0.29) is 6.10 Å². The van der Waals surface area contributed by atoms with Crippen molar-refractivity contribution in [3.05, 3.63) is 29.8 Å². The summed E-state index contributed by atoms with van der Waals surface area (Å²) in [7, 11) is 0. The first-order valence-corrected chi connectivity index (χ1v) is 5.25. The van der Waals surface area contributed by atoms with Gasteiger partial charge >= 0.3 is 0 Å². The lowest BCUT2D eigenvalue weighted by atomic mass is 10.2. The first-order chi connectivity index (χ1) is 6.80. The highest BCUT2D eigenvalue weighted by Crippen LogP contribution is 2.14. The summed E-state index contributed by atoms with van der Waals surface area (Å²) in [4.78, 5) is 0. The zero-order valence-corrected chi connectivity index (χ0v) is 8.99. The van der Waals surface area contributed by atoms with Crippen molar-refractivity contribution in [3.63, 3.8) is 0 Å². The van der Waals surface area contributed by atoms with Gasteiger partial charge in [-0.25, -0.2) is 0 Å². The van der Waals surface area contributed by atoms with Crippen LogP contribution in [0.2, 0.25) is 0 Å². The average molecular weight is 193 g/mol. The van der Waals surface area contributed by atoms with E-state index in [1.807, 2.05) is 12.1 Å². The van der Waals surface area contributed by atoms with Gasteiger partial charge in [0.2, 0.25) is 0 Å². The van der Waals surface area contributed by atoms with Gasteiger partial charge in [0.15, 0.2) is 0 Å². The molecule has 0 bridgehead atoms. The van der Waals surface area contributed by atoms with Crippen LogP contribution in [-0.2, 0) is 6.42 Å². The zero-order valence-electron chi connectivity index (χ0n) is 8.99. The number of ether oxygens (including phenoxy) is 1. The average Bonchev–Trinajstić information content (AvgIpc) is 2.26. The molecule has 14 heavy (non-hydrogen) atoms. The molecule has 1 atom stereocenters. The third kappa shape index (κ3) is 3.04. The molecule has 0 aromatic heterocycles. The summed E-state index contributed by atoms with van der Waals surface area (Å²) >= 11 is 0. The van der Waals surface area contributed by atoms with Crippen molar-refractivity contribution < 1.29 is 4.74 Å². The molecule has 0 amide bonds. The fourth-order valence-corrected chi connectivity index (χ4v) is 1.29. The van der Waals surface area contributed by atoms with E-state index >= 15 is 0 Å². The van der Waals surface area contributed by atoms with Crippen molar-refractivity contribution in [2.24, 2.45) is 5.73 Å². The van der Waals surface area contributed by atoms with E-state index in [0.29, 0.717) is 6.54 Å². The molecule has 2 nitrogen and oxygen atoms in total. The maximum atomic E-state index is 5.69. The normalized spacial score (nSPS) is 12.5. The molecule has 2 heteroatoms. The Morgan fingerprint density at radius 2 is 1.86 bits per heavy atom. The van der Waals surface area contributed by atoms with Crippen LogP contribution in [0.15, 0.2) is 24.3 Å². The van der Waals surface area contributed by atoms with E-state index in [1.165, 1.54) is 5.56 Å². The Morgan fingerprint density at radius 3 is 2.29 bits per heavy atom. The molecule has 0 saturated heterocycles. The molecule has 1 unspecified atom stereocenters. The summed E-state index contributed by atoms with van der Waals surface area (Å²) in [6.45, 7) is 4.80. The highest BCUT2D eigenvalue weighted by atomic mass is 16.5. The van der Waals surface area contributed by atoms with E-state index in [0.717, 1.165) is 18.6 Å². The Bertz CT molecular complexity index is 252. The van der Waals surface area contributed by atoms with Crippen molar-refractivity contribution >= 4 is 0 Å². The van der Waals surface area contributed by atoms with Gasteiger partial charge in [-0.05, 0) is 30.5 Å². The number of rotatable bonds is 5. The minimum absolute atomic E-state index is 0.141. The van der Waals surface area contributed by atoms with Crippen LogP contribution in [0.4, 0.5) is 0 Å². The van der Waals surface area contributed by atoms with Crippen LogP contribution >= 0.6 is 0 Å². The van der Waals surface area contributed by atoms with Crippen LogP contribution < -0.4 is 10.5 Å². The largest absolute Gasteiger partial charge is 0.489 e. The van der Waals surface area contributed by atoms with Crippen LogP contribution in [0, 0.1) is 0 Å². The van der Waals surface area contributed by atoms with Crippen LogP contribution in [0.25, 0.3) is 0 Å². The molecule has 1 aromatic rings. The fraction of sp³-hybridized carbons (Fsp3) is 0.500. The first kappa shape index (κ1) is 11.1. The summed E-state index contributed by atoms with van der Waals surface area (Å²) in [5.41, 5.74) is 6.89. The van der Waals surface area contributed by atoms with Gasteiger partial charge in [0.05, 0.1) is 0 Å². The number of hydrogen-bond donors (Lipinski definition) is 1. The van der Waals surface area contributed by atoms with Gasteiger partial charge in [-0.15, -0.1) is 0 Å². The lowest BCUT2D eigenvalue weighted by Gasteiger charge is -2.15. The summed E-state index contributed by atoms with van der Waals surface area (Å²) in [5.74, 6) is 0.916. The van der Waals surface area contributed by atoms with Crippen molar-refractivity contribution in [1.29, 1.82) is 0 Å². The quantitative estimate of drug-likeness (QED) is 0.779. The Labute approximate surface area is 86.1 Å². The van der Waals surface area contributed by atoms with Gasteiger partial charge in [0.1, 0.15) is 11.9 Å². The molecule has 2 N–H and O–H groups in total. The summed E-state index contributed by atoms with van der Waals surface area (Å²) in [6, 6.07) is 8.21. The van der Waals surface area contributed by atoms with Gasteiger partial charge in [0, 0.05) is 6.54 Å². The predicted octanol–water partition coefficient (Wildman–Crippen LogP) is 2.37. The summed E-state index contributed by atoms with van der Waals surface area (Å²) in [5, 5.41) is 0. The first-order valence-electron chi connectivity index (χ1n) is 5.25. The molecule has 1 rings (SSSR count). The molecular weight excluding hydrogens is 174 g/mol. The minimum Gasteiger partial charge on any atom is -0.489 e. The SMILES string of the molecule is CCc1ccc(OC(CC)CN)cc1. The lowest BCUT2D eigenvalue weighted by Crippen LogP contribution is -2.25. The van der Waals surface area contributed by atoms with Gasteiger partial charge < -0.3 is 10.5 Å². The van der Waals surface area contributed by atoms with E-state index in [4.69, 9.17) is 10.5 Å². The van der Waals surface area contributed by atoms with Gasteiger partial charge in [-0.1, -0.05) is 26.0 Å². The molecule has 0 fully saturated rings. The molecule has 0 aliphatic carbocycles. The highest BCUT2D eigenvalue weighted by Gasteiger charge is 2.04. The molecule has 0 aliphatic heterocycles. The van der Waals surface area contributed by atoms with Crippen LogP contribution in [0.5, 0.6) is 5.75 Å². The number of nitrogens with two attached hydrogens (primary N) is 1. The maximum Gasteiger partial charge on any atom is 0.119 e. The minimum atomic E-state index is 0.141. The standard InChI is InChI=1S/C12H19NO/c1-3-10-5-7-12(8-6-10)14-11(4-2)9-13/h5-8,11H,3-4,9,13H2,1-2H3. The van der Waals surface area contributed by atoms with E-state index in [9.17, 15) is 0 Å². The Balaban J connectivity index is 2.58. The van der Waals surface area contributed by atoms with Gasteiger partial charge in [0.25, 0.3) is 0 Å². The second kappa shape index (κ2) is 5.66. The number of benzene rings is 1. The van der Waals surface area contributed by atoms with Gasteiger partial charge in [-0.2, -0.15) is 0 Å². The molecule has 78 valence electrons. The predicted molar refractivity (Wildman–Crippen MR) is 59.6 cm³/mol. The van der Waals surface area contributed by atoms with Crippen molar-refractivity contribution in [1.82, 2.24) is 0 Å². The second-order valence-electron chi connectivity index (χ2n) is 3.38. The number of hydrogen-bond acceptors (Lipinski definition) is 2. The summed E-state index contributed by atoms with van der Waals surface area (Å²) in [6.07, 6.45) is 2.16. The van der Waals surface area contributed by atoms with E-state index in [1.54, 1.807) is 0 Å². The number of aryl methyl sites for hydroxylation is 1. The highest BCUT2D eigenvalue weighted by molar-refractivity contribution is 5.27. The van der Waals surface area contributed by atoms with Crippen LogP contribution in [0.3, 0.4) is 0 Å². The summed E-state index contributed by atoms with van der Waals surface area (Å²) < 4.78 is 5.69. The van der Waals surface area contributed by atoms with Crippen molar-refractivity contribution in [2.45, 2.75) is 32.8 Å². The molecule has 0 heterocycles. The van der Waals surface area contributed by atoms with E-state index in [2.05, 4.69) is 26.0 Å². The molecule has 0 saturated carbocycles. The maximum absolute atomic E-state index is 5.69. The van der Waals surface area contributed by atoms with Crippen LogP contribution in [-0.4, -0.2) is 12.6 Å². The molecule has 0 spiro atoms. The molecular formula is C12H19NO. The Morgan fingerprint density at radius 1 is 1.21 bits per heavy atom. The van der Waals surface area contributed by atoms with Crippen LogP contribution in [0.1, 0.15) is 25.8 Å². The molecule has 1 aromatic carbocycles. The topological polar surface area (TPSA) is 35.2 Å². The smallest absolute Gasteiger partial charge is 0.119 e. The molecule has 0 aliphatic rings. The van der Waals surface area contributed by atoms with Crippen molar-refractivity contribution in [3.8, 4) is 5.75 Å². The monoisotopic (exact) mass is 193 g/mol. The van der Waals surface area contributed by atoms with Crippen molar-refractivity contribution in [2.75, 3.05) is 6.54 Å². The third-order valence-electron chi connectivity index (χ3n) is 2.35. The fourth-order valence-electron chi connectivity index (χ4n) is 1.29. The zero-order chi connectivity index (χ0) is 10.4.